The molecule has 0 radical (unpaired) electrons. The zero-order valence-electron chi connectivity index (χ0n) is 14.7. The van der Waals surface area contributed by atoms with Crippen LogP contribution in [-0.4, -0.2) is 36.8 Å². The molecule has 1 saturated heterocycles. The summed E-state index contributed by atoms with van der Waals surface area (Å²) in [4.78, 5) is 6.59. The van der Waals surface area contributed by atoms with Gasteiger partial charge in [-0.15, -0.1) is 23.5 Å². The van der Waals surface area contributed by atoms with E-state index in [1.165, 1.54) is 33.8 Å². The van der Waals surface area contributed by atoms with Crippen LogP contribution in [0.25, 0.3) is 0 Å². The predicted molar refractivity (Wildman–Crippen MR) is 110 cm³/mol. The van der Waals surface area contributed by atoms with Crippen molar-refractivity contribution in [3.05, 3.63) is 64.7 Å². The second-order valence-corrected chi connectivity index (χ2v) is 9.22. The fourth-order valence-corrected chi connectivity index (χ4v) is 6.45. The molecular weight excluding hydrogens is 332 g/mol. The van der Waals surface area contributed by atoms with Crippen LogP contribution < -0.4 is 0 Å². The molecule has 126 valence electrons. The first-order valence-electron chi connectivity index (χ1n) is 8.19. The highest BCUT2D eigenvalue weighted by Gasteiger charge is 2.40. The maximum Gasteiger partial charge on any atom is 0.112 e. The van der Waals surface area contributed by atoms with Crippen molar-refractivity contribution in [2.45, 2.75) is 17.9 Å². The molecule has 2 aromatic rings. The first-order valence-corrected chi connectivity index (χ1v) is 10.2. The molecule has 0 unspecified atom stereocenters. The Morgan fingerprint density at radius 2 is 1.67 bits per heavy atom. The molecule has 0 atom stereocenters. The SMILES string of the molecule is Cc1cc(C2(c3ccccc3)SCCS2)c(C)cc1N=CN(C)C. The first kappa shape index (κ1) is 17.4. The van der Waals surface area contributed by atoms with Gasteiger partial charge in [0.25, 0.3) is 0 Å². The van der Waals surface area contributed by atoms with Crippen LogP contribution in [0.3, 0.4) is 0 Å². The number of hydrogen-bond donors (Lipinski definition) is 0. The highest BCUT2D eigenvalue weighted by atomic mass is 32.2. The molecule has 2 aromatic carbocycles. The van der Waals surface area contributed by atoms with Crippen LogP contribution >= 0.6 is 23.5 Å². The van der Waals surface area contributed by atoms with Crippen molar-refractivity contribution in [3.63, 3.8) is 0 Å². The fourth-order valence-electron chi connectivity index (χ4n) is 3.02. The first-order chi connectivity index (χ1) is 11.5. The van der Waals surface area contributed by atoms with E-state index in [1.54, 1.807) is 0 Å². The Bertz CT molecular complexity index is 733. The maximum absolute atomic E-state index is 4.62. The summed E-state index contributed by atoms with van der Waals surface area (Å²) < 4.78 is 0.0138. The van der Waals surface area contributed by atoms with E-state index in [0.717, 1.165) is 5.69 Å². The molecule has 3 rings (SSSR count). The molecule has 2 nitrogen and oxygen atoms in total. The van der Waals surface area contributed by atoms with E-state index in [9.17, 15) is 0 Å². The number of rotatable bonds is 4. The second-order valence-electron chi connectivity index (χ2n) is 6.34. The van der Waals surface area contributed by atoms with Gasteiger partial charge in [-0.3, -0.25) is 0 Å². The average molecular weight is 357 g/mol. The van der Waals surface area contributed by atoms with Crippen molar-refractivity contribution < 1.29 is 0 Å². The summed E-state index contributed by atoms with van der Waals surface area (Å²) in [5, 5.41) is 0. The third kappa shape index (κ3) is 3.35. The quantitative estimate of drug-likeness (QED) is 0.553. The van der Waals surface area contributed by atoms with E-state index in [4.69, 9.17) is 0 Å². The molecule has 1 heterocycles. The van der Waals surface area contributed by atoms with Gasteiger partial charge in [0.2, 0.25) is 0 Å². The molecule has 0 aliphatic carbocycles. The molecule has 1 fully saturated rings. The van der Waals surface area contributed by atoms with Crippen molar-refractivity contribution in [1.29, 1.82) is 0 Å². The molecule has 0 amide bonds. The van der Waals surface area contributed by atoms with Crippen LogP contribution in [0.1, 0.15) is 22.3 Å². The van der Waals surface area contributed by atoms with Gasteiger partial charge in [-0.05, 0) is 42.2 Å². The fraction of sp³-hybridized carbons (Fsp3) is 0.350. The van der Waals surface area contributed by atoms with E-state index in [1.807, 2.05) is 25.3 Å². The molecule has 0 aromatic heterocycles. The lowest BCUT2D eigenvalue weighted by molar-refractivity contribution is 0.643. The Morgan fingerprint density at radius 1 is 1.00 bits per heavy atom. The van der Waals surface area contributed by atoms with Gasteiger partial charge in [-0.25, -0.2) is 4.99 Å². The van der Waals surface area contributed by atoms with Crippen LogP contribution in [0.4, 0.5) is 5.69 Å². The van der Waals surface area contributed by atoms with Gasteiger partial charge in [0.1, 0.15) is 4.08 Å². The van der Waals surface area contributed by atoms with E-state index in [0.29, 0.717) is 0 Å². The Kier molecular flexibility index (Phi) is 5.26. The summed E-state index contributed by atoms with van der Waals surface area (Å²) in [5.74, 6) is 2.39. The molecule has 0 spiro atoms. The molecule has 0 saturated carbocycles. The number of benzene rings is 2. The normalized spacial score (nSPS) is 16.7. The van der Waals surface area contributed by atoms with Crippen molar-refractivity contribution in [2.24, 2.45) is 4.99 Å². The van der Waals surface area contributed by atoms with Crippen LogP contribution in [-0.2, 0) is 4.08 Å². The van der Waals surface area contributed by atoms with Gasteiger partial charge in [-0.2, -0.15) is 0 Å². The summed E-state index contributed by atoms with van der Waals surface area (Å²) in [6.07, 6.45) is 1.87. The zero-order chi connectivity index (χ0) is 17.2. The lowest BCUT2D eigenvalue weighted by Gasteiger charge is -2.30. The van der Waals surface area contributed by atoms with Gasteiger partial charge >= 0.3 is 0 Å². The second kappa shape index (κ2) is 7.24. The van der Waals surface area contributed by atoms with Gasteiger partial charge in [0.15, 0.2) is 0 Å². The summed E-state index contributed by atoms with van der Waals surface area (Å²) >= 11 is 4.12. The largest absolute Gasteiger partial charge is 0.369 e. The standard InChI is InChI=1S/C20H24N2S2/c1-15-13-19(21-14-22(3)4)16(2)12-18(15)20(23-10-11-24-20)17-8-6-5-7-9-17/h5-9,12-14H,10-11H2,1-4H3. The highest BCUT2D eigenvalue weighted by Crippen LogP contribution is 2.57. The molecule has 1 aliphatic heterocycles. The van der Waals surface area contributed by atoms with Gasteiger partial charge in [0, 0.05) is 25.6 Å². The minimum atomic E-state index is 0.0138. The van der Waals surface area contributed by atoms with Gasteiger partial charge in [0.05, 0.1) is 12.0 Å². The van der Waals surface area contributed by atoms with E-state index >= 15 is 0 Å². The Labute approximate surface area is 153 Å². The van der Waals surface area contributed by atoms with E-state index in [-0.39, 0.29) is 4.08 Å². The predicted octanol–water partition coefficient (Wildman–Crippen LogP) is 5.21. The summed E-state index contributed by atoms with van der Waals surface area (Å²) in [7, 11) is 3.99. The Balaban J connectivity index is 2.09. The average Bonchev–Trinajstić information content (AvgIpc) is 3.07. The lowest BCUT2D eigenvalue weighted by atomic mass is 9.96. The van der Waals surface area contributed by atoms with Crippen LogP contribution in [0.2, 0.25) is 0 Å². The summed E-state index contributed by atoms with van der Waals surface area (Å²) in [6.45, 7) is 4.38. The minimum absolute atomic E-state index is 0.0138. The van der Waals surface area contributed by atoms with Crippen LogP contribution in [0, 0.1) is 13.8 Å². The number of aliphatic imine (C=N–C) groups is 1. The molecule has 0 bridgehead atoms. The lowest BCUT2D eigenvalue weighted by Crippen LogP contribution is -2.18. The number of nitrogens with zero attached hydrogens (tertiary/aromatic N) is 2. The highest BCUT2D eigenvalue weighted by molar-refractivity contribution is 8.20. The molecule has 1 aliphatic rings. The van der Waals surface area contributed by atoms with Gasteiger partial charge in [-0.1, -0.05) is 36.4 Å². The van der Waals surface area contributed by atoms with Gasteiger partial charge < -0.3 is 4.90 Å². The van der Waals surface area contributed by atoms with E-state index in [2.05, 4.69) is 84.8 Å². The van der Waals surface area contributed by atoms with Crippen molar-refractivity contribution in [3.8, 4) is 0 Å². The van der Waals surface area contributed by atoms with Crippen molar-refractivity contribution in [2.75, 3.05) is 25.6 Å². The number of aryl methyl sites for hydroxylation is 2. The summed E-state index contributed by atoms with van der Waals surface area (Å²) in [6, 6.07) is 15.5. The van der Waals surface area contributed by atoms with E-state index < -0.39 is 0 Å². The summed E-state index contributed by atoms with van der Waals surface area (Å²) in [5.41, 5.74) is 6.42. The van der Waals surface area contributed by atoms with Crippen molar-refractivity contribution >= 4 is 35.5 Å². The maximum atomic E-state index is 4.62. The van der Waals surface area contributed by atoms with Crippen LogP contribution in [0.5, 0.6) is 0 Å². The van der Waals surface area contributed by atoms with Crippen molar-refractivity contribution in [1.82, 2.24) is 4.90 Å². The third-order valence-electron chi connectivity index (χ3n) is 4.17. The zero-order valence-corrected chi connectivity index (χ0v) is 16.4. The molecule has 4 heteroatoms. The number of hydrogen-bond acceptors (Lipinski definition) is 3. The molecular formula is C20H24N2S2. The monoisotopic (exact) mass is 356 g/mol. The topological polar surface area (TPSA) is 15.6 Å². The minimum Gasteiger partial charge on any atom is -0.369 e. The number of thioether (sulfide) groups is 2. The van der Waals surface area contributed by atoms with Crippen LogP contribution in [0.15, 0.2) is 47.5 Å². The molecule has 24 heavy (non-hydrogen) atoms. The molecule has 0 N–H and O–H groups in total. The Morgan fingerprint density at radius 3 is 2.29 bits per heavy atom. The third-order valence-corrected chi connectivity index (χ3v) is 7.68. The Hall–Kier alpha value is -1.39. The smallest absolute Gasteiger partial charge is 0.112 e.